The van der Waals surface area contributed by atoms with E-state index in [0.717, 1.165) is 50.5 Å². The molecule has 4 heterocycles. The van der Waals surface area contributed by atoms with E-state index in [1.54, 1.807) is 18.2 Å². The number of fused-ring (bicyclic) bond motifs is 1. The van der Waals surface area contributed by atoms with Gasteiger partial charge in [0.2, 0.25) is 11.8 Å². The SMILES string of the molecule is O=C(O)C(F)(F)F.O=C1CCC(N2Cc3cc(C(=O)N4CCC(C5CCNCC5)CC4)ccc3C2=O)C(=O)N1. The Bertz CT molecular complexity index is 1140. The number of carbonyl (C=O) groups is 5. The smallest absolute Gasteiger partial charge is 0.475 e. The number of hydrogen-bond donors (Lipinski definition) is 3. The first-order valence-corrected chi connectivity index (χ1v) is 13.0. The molecule has 4 aliphatic heterocycles. The number of nitrogens with one attached hydrogen (secondary N) is 2. The number of carbonyl (C=O) groups excluding carboxylic acids is 4. The van der Waals surface area contributed by atoms with Crippen LogP contribution in [0.4, 0.5) is 13.2 Å². The number of carboxylic acid groups (broad SMARTS) is 1. The maximum atomic E-state index is 13.2. The molecule has 0 spiro atoms. The molecule has 0 aliphatic carbocycles. The third-order valence-corrected chi connectivity index (χ3v) is 7.89. The van der Waals surface area contributed by atoms with Crippen molar-refractivity contribution in [2.24, 2.45) is 11.8 Å². The van der Waals surface area contributed by atoms with Crippen LogP contribution < -0.4 is 10.6 Å². The zero-order valence-electron chi connectivity index (χ0n) is 21.3. The third-order valence-electron chi connectivity index (χ3n) is 7.89. The van der Waals surface area contributed by atoms with Crippen LogP contribution in [0, 0.1) is 11.8 Å². The molecule has 1 atom stereocenters. The van der Waals surface area contributed by atoms with E-state index in [0.29, 0.717) is 30.0 Å². The molecule has 3 N–H and O–H groups in total. The predicted octanol–water partition coefficient (Wildman–Crippen LogP) is 1.93. The average Bonchev–Trinajstić information content (AvgIpc) is 3.24. The second kappa shape index (κ2) is 11.7. The van der Waals surface area contributed by atoms with Crippen LogP contribution in [0.2, 0.25) is 0 Å². The number of piperidine rings is 3. The van der Waals surface area contributed by atoms with Crippen LogP contribution >= 0.6 is 0 Å². The zero-order chi connectivity index (χ0) is 28.3. The van der Waals surface area contributed by atoms with Crippen LogP contribution in [0.1, 0.15) is 64.8 Å². The summed E-state index contributed by atoms with van der Waals surface area (Å²) in [7, 11) is 0. The second-order valence-corrected chi connectivity index (χ2v) is 10.3. The molecule has 0 bridgehead atoms. The van der Waals surface area contributed by atoms with E-state index < -0.39 is 24.1 Å². The van der Waals surface area contributed by atoms with Gasteiger partial charge in [0.25, 0.3) is 11.8 Å². The van der Waals surface area contributed by atoms with Crippen molar-refractivity contribution in [1.82, 2.24) is 20.4 Å². The molecule has 13 heteroatoms. The van der Waals surface area contributed by atoms with E-state index >= 15 is 0 Å². The lowest BCUT2D eigenvalue weighted by Crippen LogP contribution is -2.52. The summed E-state index contributed by atoms with van der Waals surface area (Å²) in [5, 5.41) is 12.9. The molecule has 3 fully saturated rings. The molecule has 1 aromatic carbocycles. The lowest BCUT2D eigenvalue weighted by molar-refractivity contribution is -0.192. The molecule has 0 saturated carbocycles. The van der Waals surface area contributed by atoms with Gasteiger partial charge in [-0.3, -0.25) is 24.5 Å². The van der Waals surface area contributed by atoms with Gasteiger partial charge in [0, 0.05) is 37.2 Å². The highest BCUT2D eigenvalue weighted by Crippen LogP contribution is 2.32. The van der Waals surface area contributed by atoms with Crippen molar-refractivity contribution >= 4 is 29.6 Å². The van der Waals surface area contributed by atoms with Gasteiger partial charge in [0.15, 0.2) is 0 Å². The minimum atomic E-state index is -5.08. The highest BCUT2D eigenvalue weighted by molar-refractivity contribution is 6.06. The summed E-state index contributed by atoms with van der Waals surface area (Å²) in [5.41, 5.74) is 1.91. The van der Waals surface area contributed by atoms with E-state index in [2.05, 4.69) is 10.6 Å². The van der Waals surface area contributed by atoms with Crippen LogP contribution in [-0.2, 0) is 20.9 Å². The number of halogens is 3. The van der Waals surface area contributed by atoms with Crippen LogP contribution in [0.5, 0.6) is 0 Å². The number of amides is 4. The van der Waals surface area contributed by atoms with Gasteiger partial charge in [0.1, 0.15) is 6.04 Å². The van der Waals surface area contributed by atoms with Gasteiger partial charge in [-0.05, 0) is 80.8 Å². The number of carboxylic acids is 1. The van der Waals surface area contributed by atoms with Crippen LogP contribution in [0.25, 0.3) is 0 Å². The summed E-state index contributed by atoms with van der Waals surface area (Å²) in [4.78, 5) is 62.0. The maximum absolute atomic E-state index is 13.2. The van der Waals surface area contributed by atoms with E-state index in [1.807, 2.05) is 4.90 Å². The largest absolute Gasteiger partial charge is 0.490 e. The lowest BCUT2D eigenvalue weighted by atomic mass is 9.79. The van der Waals surface area contributed by atoms with Gasteiger partial charge in [-0.15, -0.1) is 0 Å². The number of likely N-dealkylation sites (tertiary alicyclic amines) is 1. The minimum Gasteiger partial charge on any atom is -0.475 e. The van der Waals surface area contributed by atoms with Crippen molar-refractivity contribution in [2.75, 3.05) is 26.2 Å². The van der Waals surface area contributed by atoms with Gasteiger partial charge in [-0.2, -0.15) is 13.2 Å². The Hall–Kier alpha value is -3.48. The molecule has 4 aliphatic rings. The molecular weight excluding hydrogens is 521 g/mol. The minimum absolute atomic E-state index is 0.0171. The number of hydrogen-bond acceptors (Lipinski definition) is 6. The molecule has 1 aromatic rings. The summed E-state index contributed by atoms with van der Waals surface area (Å²) >= 11 is 0. The molecule has 0 aromatic heterocycles. The molecule has 0 radical (unpaired) electrons. The Kier molecular flexibility index (Phi) is 8.57. The number of nitrogens with zero attached hydrogens (tertiary/aromatic N) is 2. The zero-order valence-corrected chi connectivity index (χ0v) is 21.3. The first-order valence-electron chi connectivity index (χ1n) is 13.0. The number of rotatable bonds is 3. The van der Waals surface area contributed by atoms with Gasteiger partial charge >= 0.3 is 12.1 Å². The van der Waals surface area contributed by atoms with Crippen molar-refractivity contribution in [3.8, 4) is 0 Å². The Morgan fingerprint density at radius 3 is 2.15 bits per heavy atom. The molecule has 3 saturated heterocycles. The normalized spacial score (nSPS) is 22.6. The summed E-state index contributed by atoms with van der Waals surface area (Å²) < 4.78 is 31.7. The van der Waals surface area contributed by atoms with Gasteiger partial charge in [0.05, 0.1) is 0 Å². The molecule has 1 unspecified atom stereocenters. The quantitative estimate of drug-likeness (QED) is 0.488. The van der Waals surface area contributed by atoms with Crippen molar-refractivity contribution in [1.29, 1.82) is 0 Å². The Labute approximate surface area is 222 Å². The number of alkyl halides is 3. The number of benzene rings is 1. The fourth-order valence-electron chi connectivity index (χ4n) is 5.78. The molecule has 212 valence electrons. The fourth-order valence-corrected chi connectivity index (χ4v) is 5.78. The van der Waals surface area contributed by atoms with Crippen LogP contribution in [0.3, 0.4) is 0 Å². The molecular formula is C26H31F3N4O6. The third kappa shape index (κ3) is 6.57. The second-order valence-electron chi connectivity index (χ2n) is 10.3. The van der Waals surface area contributed by atoms with E-state index in [4.69, 9.17) is 9.90 Å². The fraction of sp³-hybridized carbons (Fsp3) is 0.577. The summed E-state index contributed by atoms with van der Waals surface area (Å²) in [5.74, 6) is -2.19. The first-order chi connectivity index (χ1) is 18.5. The van der Waals surface area contributed by atoms with E-state index in [-0.39, 0.29) is 24.1 Å². The van der Waals surface area contributed by atoms with Crippen LogP contribution in [0.15, 0.2) is 18.2 Å². The molecule has 5 rings (SSSR count). The van der Waals surface area contributed by atoms with Crippen molar-refractivity contribution in [2.45, 2.75) is 57.3 Å². The van der Waals surface area contributed by atoms with Gasteiger partial charge < -0.3 is 20.2 Å². The summed E-state index contributed by atoms with van der Waals surface area (Å²) in [6, 6.07) is 4.60. The highest BCUT2D eigenvalue weighted by atomic mass is 19.4. The topological polar surface area (TPSA) is 136 Å². The Balaban J connectivity index is 0.000000448. The predicted molar refractivity (Wildman–Crippen MR) is 130 cm³/mol. The first kappa shape index (κ1) is 28.5. The Morgan fingerprint density at radius 1 is 0.949 bits per heavy atom. The number of imide groups is 1. The monoisotopic (exact) mass is 552 g/mol. The van der Waals surface area contributed by atoms with Crippen LogP contribution in [-0.4, -0.2) is 82.9 Å². The standard InChI is InChI=1S/C24H30N4O4.C2HF3O2/c29-21-4-3-20(22(30)26-21)28-14-18-13-17(1-2-19(18)24(28)32)23(31)27-11-7-16(8-12-27)15-5-9-25-10-6-15;3-2(4,5)1(6)7/h1-2,13,15-16,20,25H,3-12,14H2,(H,26,29,30);(H,6,7). The molecule has 39 heavy (non-hydrogen) atoms. The van der Waals surface area contributed by atoms with E-state index in [9.17, 15) is 32.3 Å². The highest BCUT2D eigenvalue weighted by Gasteiger charge is 2.40. The number of aliphatic carboxylic acids is 1. The van der Waals surface area contributed by atoms with Crippen molar-refractivity contribution < 1.29 is 42.3 Å². The maximum Gasteiger partial charge on any atom is 0.490 e. The Morgan fingerprint density at radius 2 is 1.56 bits per heavy atom. The van der Waals surface area contributed by atoms with Crippen molar-refractivity contribution in [3.63, 3.8) is 0 Å². The summed E-state index contributed by atoms with van der Waals surface area (Å²) in [6.07, 6.45) is 0.0737. The lowest BCUT2D eigenvalue weighted by Gasteiger charge is -2.37. The molecule has 10 nitrogen and oxygen atoms in total. The average molecular weight is 553 g/mol. The summed E-state index contributed by atoms with van der Waals surface area (Å²) in [6.45, 7) is 4.07. The van der Waals surface area contributed by atoms with Gasteiger partial charge in [-0.1, -0.05) is 0 Å². The van der Waals surface area contributed by atoms with Crippen molar-refractivity contribution in [3.05, 3.63) is 34.9 Å². The van der Waals surface area contributed by atoms with Gasteiger partial charge in [-0.25, -0.2) is 4.79 Å². The molecule has 4 amide bonds. The van der Waals surface area contributed by atoms with E-state index in [1.165, 1.54) is 17.7 Å².